The van der Waals surface area contributed by atoms with E-state index in [0.29, 0.717) is 0 Å². The van der Waals surface area contributed by atoms with E-state index in [0.717, 1.165) is 13.7 Å². The molecular formula is C12H16N2O4S. The van der Waals surface area contributed by atoms with Gasteiger partial charge in [0.25, 0.3) is 0 Å². The smallest absolute Gasteiger partial charge is 0.243 e. The number of benzene rings is 1. The van der Waals surface area contributed by atoms with E-state index in [1.807, 2.05) is 23.9 Å². The van der Waals surface area contributed by atoms with E-state index < -0.39 is 10.4 Å². The molecule has 0 saturated heterocycles. The highest BCUT2D eigenvalue weighted by Gasteiger charge is 1.99. The van der Waals surface area contributed by atoms with E-state index in [-0.39, 0.29) is 0 Å². The molecule has 1 aromatic heterocycles. The lowest BCUT2D eigenvalue weighted by Gasteiger charge is -1.98. The van der Waals surface area contributed by atoms with Gasteiger partial charge in [-0.05, 0) is 5.56 Å². The Labute approximate surface area is 112 Å². The van der Waals surface area contributed by atoms with Crippen LogP contribution in [0.5, 0.6) is 0 Å². The Kier molecular flexibility index (Phi) is 5.68. The normalized spacial score (nSPS) is 10.7. The number of nitrogens with zero attached hydrogens (tertiary/aromatic N) is 2. The Balaban J connectivity index is 0.000000258. The molecule has 0 N–H and O–H groups in total. The van der Waals surface area contributed by atoms with Gasteiger partial charge in [0, 0.05) is 0 Å². The van der Waals surface area contributed by atoms with Gasteiger partial charge in [0.05, 0.1) is 14.2 Å². The molecule has 0 spiro atoms. The summed E-state index contributed by atoms with van der Waals surface area (Å²) >= 11 is 0. The Bertz CT molecular complexity index is 593. The van der Waals surface area contributed by atoms with Crippen LogP contribution in [-0.4, -0.2) is 24.6 Å². The molecule has 7 heteroatoms. The zero-order valence-corrected chi connectivity index (χ0v) is 11.6. The van der Waals surface area contributed by atoms with Crippen molar-refractivity contribution in [2.24, 2.45) is 7.05 Å². The number of imidazole rings is 1. The highest BCUT2D eigenvalue weighted by atomic mass is 32.3. The van der Waals surface area contributed by atoms with E-state index in [9.17, 15) is 13.0 Å². The molecular weight excluding hydrogens is 268 g/mol. The molecule has 0 aliphatic carbocycles. The van der Waals surface area contributed by atoms with E-state index in [2.05, 4.69) is 45.5 Å². The third kappa shape index (κ3) is 6.70. The van der Waals surface area contributed by atoms with Crippen LogP contribution in [0.2, 0.25) is 0 Å². The first-order chi connectivity index (χ1) is 8.90. The molecule has 1 aromatic carbocycles. The van der Waals surface area contributed by atoms with Crippen molar-refractivity contribution in [2.75, 3.05) is 7.11 Å². The first kappa shape index (κ1) is 15.4. The Morgan fingerprint density at radius 3 is 2.32 bits per heavy atom. The summed E-state index contributed by atoms with van der Waals surface area (Å²) in [4.78, 5) is 0. The van der Waals surface area contributed by atoms with Crippen molar-refractivity contribution in [3.8, 4) is 0 Å². The summed E-state index contributed by atoms with van der Waals surface area (Å²) in [5, 5.41) is 0. The first-order valence-corrected chi connectivity index (χ1v) is 6.80. The van der Waals surface area contributed by atoms with Crippen LogP contribution in [0.4, 0.5) is 0 Å². The lowest BCUT2D eigenvalue weighted by atomic mass is 10.2. The van der Waals surface area contributed by atoms with E-state index >= 15 is 0 Å². The van der Waals surface area contributed by atoms with E-state index in [4.69, 9.17) is 0 Å². The monoisotopic (exact) mass is 284 g/mol. The van der Waals surface area contributed by atoms with Gasteiger partial charge < -0.3 is 4.55 Å². The van der Waals surface area contributed by atoms with Gasteiger partial charge in [-0.15, -0.1) is 0 Å². The van der Waals surface area contributed by atoms with Crippen LogP contribution in [0.15, 0.2) is 49.1 Å². The molecule has 0 aliphatic rings. The largest absolute Gasteiger partial charge is 0.726 e. The molecule has 104 valence electrons. The van der Waals surface area contributed by atoms with Crippen LogP contribution in [0.1, 0.15) is 5.56 Å². The molecule has 19 heavy (non-hydrogen) atoms. The minimum atomic E-state index is -4.41. The summed E-state index contributed by atoms with van der Waals surface area (Å²) < 4.78 is 35.2. The second kappa shape index (κ2) is 7.03. The fraction of sp³-hybridized carbons (Fsp3) is 0.250. The van der Waals surface area contributed by atoms with Gasteiger partial charge in [-0.25, -0.2) is 17.6 Å². The van der Waals surface area contributed by atoms with Gasteiger partial charge in [-0.3, -0.25) is 4.18 Å². The number of hydrogen-bond donors (Lipinski definition) is 0. The van der Waals surface area contributed by atoms with E-state index in [1.165, 1.54) is 5.56 Å². The topological polar surface area (TPSA) is 75.2 Å². The minimum Gasteiger partial charge on any atom is -0.726 e. The predicted molar refractivity (Wildman–Crippen MR) is 67.9 cm³/mol. The first-order valence-electron chi connectivity index (χ1n) is 5.47. The zero-order chi connectivity index (χ0) is 14.3. The Morgan fingerprint density at radius 1 is 1.32 bits per heavy atom. The third-order valence-corrected chi connectivity index (χ3v) is 2.64. The molecule has 2 rings (SSSR count). The van der Waals surface area contributed by atoms with Crippen molar-refractivity contribution < 1.29 is 21.7 Å². The summed E-state index contributed by atoms with van der Waals surface area (Å²) in [5.74, 6) is 0. The van der Waals surface area contributed by atoms with Gasteiger partial charge in [-0.1, -0.05) is 30.3 Å². The second-order valence-electron chi connectivity index (χ2n) is 3.81. The Morgan fingerprint density at radius 2 is 1.89 bits per heavy atom. The SMILES string of the molecule is COS(=O)(=O)[O-].Cn1cc[n+](Cc2ccccc2)c1. The van der Waals surface area contributed by atoms with Crippen LogP contribution in [-0.2, 0) is 28.2 Å². The fourth-order valence-corrected chi connectivity index (χ4v) is 1.39. The predicted octanol–water partition coefficient (Wildman–Crippen LogP) is 0.454. The molecule has 0 amide bonds. The summed E-state index contributed by atoms with van der Waals surface area (Å²) in [6, 6.07) is 10.5. The fourth-order valence-electron chi connectivity index (χ4n) is 1.39. The second-order valence-corrected chi connectivity index (χ2v) is 4.96. The van der Waals surface area contributed by atoms with Gasteiger partial charge >= 0.3 is 0 Å². The molecule has 0 saturated carbocycles. The average Bonchev–Trinajstić information content (AvgIpc) is 2.76. The van der Waals surface area contributed by atoms with Gasteiger partial charge in [0.2, 0.25) is 16.7 Å². The number of rotatable bonds is 3. The van der Waals surface area contributed by atoms with Gasteiger partial charge in [-0.2, -0.15) is 0 Å². The standard InChI is InChI=1S/C11H13N2.CH4O4S/c1-12-7-8-13(10-12)9-11-5-3-2-4-6-11;1-5-6(2,3)4/h2-8,10H,9H2,1H3;1H3,(H,2,3,4)/q+1;/p-1. The maximum Gasteiger partial charge on any atom is 0.243 e. The molecule has 6 nitrogen and oxygen atoms in total. The maximum absolute atomic E-state index is 9.22. The molecule has 0 aliphatic heterocycles. The van der Waals surface area contributed by atoms with Crippen molar-refractivity contribution in [1.29, 1.82) is 0 Å². The zero-order valence-electron chi connectivity index (χ0n) is 10.8. The van der Waals surface area contributed by atoms with Crippen molar-refractivity contribution in [1.82, 2.24) is 4.57 Å². The van der Waals surface area contributed by atoms with Gasteiger partial charge in [0.1, 0.15) is 18.9 Å². The van der Waals surface area contributed by atoms with Crippen LogP contribution < -0.4 is 4.57 Å². The third-order valence-electron chi connectivity index (χ3n) is 2.24. The minimum absolute atomic E-state index is 0.808. The lowest BCUT2D eigenvalue weighted by Crippen LogP contribution is -2.31. The van der Waals surface area contributed by atoms with Crippen LogP contribution in [0.25, 0.3) is 0 Å². The van der Waals surface area contributed by atoms with Crippen molar-refractivity contribution in [3.05, 3.63) is 54.6 Å². The van der Waals surface area contributed by atoms with Crippen molar-refractivity contribution in [3.63, 3.8) is 0 Å². The summed E-state index contributed by atoms with van der Waals surface area (Å²) in [6.45, 7) is 0.946. The summed E-state index contributed by atoms with van der Waals surface area (Å²) in [6.07, 6.45) is 6.20. The number of aryl methyl sites for hydroxylation is 1. The van der Waals surface area contributed by atoms with Gasteiger partial charge in [0.15, 0.2) is 0 Å². The molecule has 2 aromatic rings. The van der Waals surface area contributed by atoms with Crippen LogP contribution in [0.3, 0.4) is 0 Å². The molecule has 1 heterocycles. The Hall–Kier alpha value is -1.70. The molecule has 0 atom stereocenters. The quantitative estimate of drug-likeness (QED) is 0.466. The lowest BCUT2D eigenvalue weighted by molar-refractivity contribution is -0.687. The summed E-state index contributed by atoms with van der Waals surface area (Å²) in [5.41, 5.74) is 1.33. The molecule has 0 fully saturated rings. The molecule has 0 radical (unpaired) electrons. The highest BCUT2D eigenvalue weighted by molar-refractivity contribution is 7.80. The number of aromatic nitrogens is 2. The average molecular weight is 284 g/mol. The van der Waals surface area contributed by atoms with Crippen LogP contribution >= 0.6 is 0 Å². The van der Waals surface area contributed by atoms with E-state index in [1.54, 1.807) is 0 Å². The molecule has 0 bridgehead atoms. The maximum atomic E-state index is 9.22. The summed E-state index contributed by atoms with van der Waals surface area (Å²) in [7, 11) is -1.57. The van der Waals surface area contributed by atoms with Crippen molar-refractivity contribution >= 4 is 10.4 Å². The van der Waals surface area contributed by atoms with Crippen LogP contribution in [0, 0.1) is 0 Å². The highest BCUT2D eigenvalue weighted by Crippen LogP contribution is 1.96. The van der Waals surface area contributed by atoms with Crippen molar-refractivity contribution in [2.45, 2.75) is 6.54 Å². The number of hydrogen-bond acceptors (Lipinski definition) is 4. The molecule has 0 unspecified atom stereocenters.